The molecule has 2 aliphatic heterocycles. The first-order chi connectivity index (χ1) is 19.3. The summed E-state index contributed by atoms with van der Waals surface area (Å²) in [7, 11) is 0. The van der Waals surface area contributed by atoms with E-state index in [9.17, 15) is 14.4 Å². The number of rotatable bonds is 8. The molecule has 1 fully saturated rings. The van der Waals surface area contributed by atoms with Crippen molar-refractivity contribution in [1.29, 1.82) is 0 Å². The zero-order valence-electron chi connectivity index (χ0n) is 24.1. The van der Waals surface area contributed by atoms with Gasteiger partial charge in [0, 0.05) is 52.9 Å². The number of fused-ring (bicyclic) bond motifs is 1. The van der Waals surface area contributed by atoms with Crippen molar-refractivity contribution in [3.05, 3.63) is 63.6 Å². The van der Waals surface area contributed by atoms with Crippen molar-refractivity contribution in [1.82, 2.24) is 15.3 Å². The SMILES string of the molecule is CC(C)N(CC(=O)NC1CCN(OC(=O)OC(C)(C)C)CC1)C1(Cc2cccc(Cl)c2)C(=O)Nc2cc(Cl)ccc21. The van der Waals surface area contributed by atoms with Gasteiger partial charge in [-0.3, -0.25) is 14.5 Å². The fourth-order valence-electron chi connectivity index (χ4n) is 5.48. The largest absolute Gasteiger partial charge is 0.528 e. The van der Waals surface area contributed by atoms with Gasteiger partial charge in [-0.15, -0.1) is 5.06 Å². The highest BCUT2D eigenvalue weighted by molar-refractivity contribution is 6.31. The Bertz CT molecular complexity index is 1290. The molecular weight excluding hydrogens is 567 g/mol. The lowest BCUT2D eigenvalue weighted by Gasteiger charge is -2.42. The minimum atomic E-state index is -1.15. The van der Waals surface area contributed by atoms with Gasteiger partial charge in [-0.25, -0.2) is 4.79 Å². The number of ether oxygens (including phenoxy) is 1. The molecule has 4 rings (SSSR count). The molecule has 11 heteroatoms. The van der Waals surface area contributed by atoms with E-state index in [1.165, 1.54) is 0 Å². The van der Waals surface area contributed by atoms with E-state index in [-0.39, 0.29) is 30.4 Å². The van der Waals surface area contributed by atoms with Gasteiger partial charge in [-0.2, -0.15) is 0 Å². The van der Waals surface area contributed by atoms with Crippen LogP contribution in [0.5, 0.6) is 0 Å². The fourth-order valence-corrected chi connectivity index (χ4v) is 5.87. The van der Waals surface area contributed by atoms with Crippen LogP contribution in [0.25, 0.3) is 0 Å². The van der Waals surface area contributed by atoms with Gasteiger partial charge in [-0.05, 0) is 77.3 Å². The number of piperidine rings is 1. The second kappa shape index (κ2) is 12.6. The Labute approximate surface area is 251 Å². The number of nitrogens with zero attached hydrogens (tertiary/aromatic N) is 2. The minimum absolute atomic E-state index is 0.00232. The molecule has 0 saturated carbocycles. The van der Waals surface area contributed by atoms with Crippen LogP contribution in [0, 0.1) is 0 Å². The van der Waals surface area contributed by atoms with Crippen LogP contribution in [-0.4, -0.2) is 65.3 Å². The maximum atomic E-state index is 13.9. The summed E-state index contributed by atoms with van der Waals surface area (Å²) in [4.78, 5) is 46.6. The van der Waals surface area contributed by atoms with Gasteiger partial charge in [0.15, 0.2) is 0 Å². The summed E-state index contributed by atoms with van der Waals surface area (Å²) < 4.78 is 5.22. The summed E-state index contributed by atoms with van der Waals surface area (Å²) in [5.74, 6) is -0.408. The molecule has 2 heterocycles. The van der Waals surface area contributed by atoms with E-state index in [1.54, 1.807) is 44.0 Å². The van der Waals surface area contributed by atoms with Crippen molar-refractivity contribution in [3.63, 3.8) is 0 Å². The van der Waals surface area contributed by atoms with E-state index in [1.807, 2.05) is 43.0 Å². The third kappa shape index (κ3) is 7.52. The lowest BCUT2D eigenvalue weighted by molar-refractivity contribution is -0.154. The van der Waals surface area contributed by atoms with Crippen LogP contribution < -0.4 is 10.6 Å². The normalized spacial score (nSPS) is 19.7. The van der Waals surface area contributed by atoms with Crippen LogP contribution in [0.15, 0.2) is 42.5 Å². The number of amides is 2. The Morgan fingerprint density at radius 2 is 1.80 bits per heavy atom. The molecule has 1 saturated heterocycles. The van der Waals surface area contributed by atoms with E-state index in [4.69, 9.17) is 32.8 Å². The highest BCUT2D eigenvalue weighted by Gasteiger charge is 2.52. The highest BCUT2D eigenvalue weighted by Crippen LogP contribution is 2.45. The Morgan fingerprint density at radius 3 is 2.44 bits per heavy atom. The first-order valence-electron chi connectivity index (χ1n) is 13.8. The number of benzene rings is 2. The fraction of sp³-hybridized carbons (Fsp3) is 0.500. The van der Waals surface area contributed by atoms with Crippen LogP contribution in [-0.2, 0) is 31.1 Å². The van der Waals surface area contributed by atoms with Crippen LogP contribution in [0.2, 0.25) is 10.0 Å². The predicted octanol–water partition coefficient (Wildman–Crippen LogP) is 5.54. The topological polar surface area (TPSA) is 100 Å². The number of carbonyl (C=O) groups is 3. The standard InChI is InChI=1S/C30H38Cl2N4O5/c1-19(2)36(18-26(37)33-23-11-13-35(14-12-23)41-28(39)40-29(3,4)5)30(17-20-7-6-8-21(31)15-20)24-10-9-22(32)16-25(24)34-27(30)38/h6-10,15-16,19,23H,11-14,17-18H2,1-5H3,(H,33,37)(H,34,38). The van der Waals surface area contributed by atoms with Gasteiger partial charge in [0.25, 0.3) is 0 Å². The van der Waals surface area contributed by atoms with Gasteiger partial charge in [-0.1, -0.05) is 41.4 Å². The summed E-state index contributed by atoms with van der Waals surface area (Å²) in [6.45, 7) is 10.2. The molecular formula is C30H38Cl2N4O5. The van der Waals surface area contributed by atoms with Gasteiger partial charge < -0.3 is 20.2 Å². The zero-order chi connectivity index (χ0) is 29.9. The molecule has 222 valence electrons. The number of hydrogen-bond acceptors (Lipinski definition) is 7. The Morgan fingerprint density at radius 1 is 1.12 bits per heavy atom. The summed E-state index contributed by atoms with van der Waals surface area (Å²) in [6.07, 6.45) is 0.783. The average molecular weight is 606 g/mol. The Hall–Kier alpha value is -2.85. The molecule has 41 heavy (non-hydrogen) atoms. The van der Waals surface area contributed by atoms with E-state index in [0.29, 0.717) is 48.1 Å². The molecule has 2 N–H and O–H groups in total. The third-order valence-electron chi connectivity index (χ3n) is 7.24. The highest BCUT2D eigenvalue weighted by atomic mass is 35.5. The van der Waals surface area contributed by atoms with Crippen molar-refractivity contribution in [2.75, 3.05) is 25.0 Å². The molecule has 0 radical (unpaired) electrons. The van der Waals surface area contributed by atoms with E-state index in [2.05, 4.69) is 10.6 Å². The predicted molar refractivity (Wildman–Crippen MR) is 159 cm³/mol. The van der Waals surface area contributed by atoms with Crippen molar-refractivity contribution < 1.29 is 24.0 Å². The van der Waals surface area contributed by atoms with Crippen molar-refractivity contribution in [3.8, 4) is 0 Å². The average Bonchev–Trinajstić information content (AvgIpc) is 3.12. The third-order valence-corrected chi connectivity index (χ3v) is 7.71. The second-order valence-electron chi connectivity index (χ2n) is 11.9. The van der Waals surface area contributed by atoms with Crippen LogP contribution in [0.1, 0.15) is 58.6 Å². The first kappa shape index (κ1) is 31.1. The molecule has 1 unspecified atom stereocenters. The number of anilines is 1. The molecule has 0 aliphatic carbocycles. The monoisotopic (exact) mass is 604 g/mol. The summed E-state index contributed by atoms with van der Waals surface area (Å²) >= 11 is 12.6. The number of carbonyl (C=O) groups excluding carboxylic acids is 3. The number of hydrogen-bond donors (Lipinski definition) is 2. The lowest BCUT2D eigenvalue weighted by Crippen LogP contribution is -2.58. The number of hydroxylamine groups is 2. The summed E-state index contributed by atoms with van der Waals surface area (Å²) in [5, 5.41) is 8.77. The van der Waals surface area contributed by atoms with Crippen LogP contribution >= 0.6 is 23.2 Å². The molecule has 2 aromatic rings. The quantitative estimate of drug-likeness (QED) is 0.381. The first-order valence-corrected chi connectivity index (χ1v) is 14.6. The maximum absolute atomic E-state index is 13.9. The smallest absolute Gasteiger partial charge is 0.427 e. The zero-order valence-corrected chi connectivity index (χ0v) is 25.6. The Kier molecular flexibility index (Phi) is 9.53. The van der Waals surface area contributed by atoms with E-state index >= 15 is 0 Å². The Balaban J connectivity index is 1.50. The molecule has 9 nitrogen and oxygen atoms in total. The van der Waals surface area contributed by atoms with Crippen molar-refractivity contribution in [2.24, 2.45) is 0 Å². The van der Waals surface area contributed by atoms with E-state index in [0.717, 1.165) is 11.1 Å². The van der Waals surface area contributed by atoms with Gasteiger partial charge >= 0.3 is 6.16 Å². The van der Waals surface area contributed by atoms with Gasteiger partial charge in [0.05, 0.1) is 6.54 Å². The number of nitrogens with one attached hydrogen (secondary N) is 2. The summed E-state index contributed by atoms with van der Waals surface area (Å²) in [6, 6.07) is 12.5. The van der Waals surface area contributed by atoms with Gasteiger partial charge in [0.2, 0.25) is 11.8 Å². The molecule has 2 amide bonds. The lowest BCUT2D eigenvalue weighted by atomic mass is 9.82. The molecule has 0 aromatic heterocycles. The van der Waals surface area contributed by atoms with Gasteiger partial charge in [0.1, 0.15) is 11.1 Å². The molecule has 1 atom stereocenters. The second-order valence-corrected chi connectivity index (χ2v) is 12.7. The number of halogens is 2. The molecule has 0 spiro atoms. The van der Waals surface area contributed by atoms with Crippen molar-refractivity contribution >= 4 is 46.9 Å². The van der Waals surface area contributed by atoms with Crippen LogP contribution in [0.3, 0.4) is 0 Å². The molecule has 0 bridgehead atoms. The van der Waals surface area contributed by atoms with Crippen LogP contribution in [0.4, 0.5) is 10.5 Å². The summed E-state index contributed by atoms with van der Waals surface area (Å²) in [5.41, 5.74) is 0.479. The molecule has 2 aliphatic rings. The van der Waals surface area contributed by atoms with E-state index < -0.39 is 17.3 Å². The van der Waals surface area contributed by atoms with Crippen molar-refractivity contribution in [2.45, 2.75) is 77.1 Å². The minimum Gasteiger partial charge on any atom is -0.427 e. The molecule has 2 aromatic carbocycles. The maximum Gasteiger partial charge on any atom is 0.528 e.